The fraction of sp³-hybridized carbons (Fsp3) is 0.150. The number of nitrogens with zero attached hydrogens (tertiary/aromatic N) is 4. The van der Waals surface area contributed by atoms with Gasteiger partial charge in [0, 0.05) is 31.2 Å². The molecule has 0 unspecified atom stereocenters. The molecule has 0 saturated carbocycles. The number of nitrogens with one attached hydrogen (secondary N) is 2. The Kier molecular flexibility index (Phi) is 8.28. The highest BCUT2D eigenvalue weighted by atomic mass is 32.1. The second-order valence-corrected chi connectivity index (χ2v) is 6.81. The Morgan fingerprint density at radius 2 is 2.28 bits per heavy atom. The second kappa shape index (κ2) is 11.2. The fourth-order valence-corrected chi connectivity index (χ4v) is 3.53. The Hall–Kier alpha value is -3.77. The van der Waals surface area contributed by atoms with Crippen molar-refractivity contribution in [2.75, 3.05) is 12.4 Å². The van der Waals surface area contributed by atoms with Crippen molar-refractivity contribution in [1.29, 1.82) is 5.26 Å². The number of thiazole rings is 1. The van der Waals surface area contributed by atoms with Gasteiger partial charge >= 0.3 is 0 Å². The number of carbonyl (C=O) groups is 1. The van der Waals surface area contributed by atoms with Gasteiger partial charge in [0.2, 0.25) is 6.41 Å². The standard InChI is InChI=1S/C20H21N7OS/c1-14(8-9-21)10-18-27-20(23-2)19(29-18)15(12-24-25-13-28)6-7-16-4-3-5-17(11-22)26-16/h3-6,8-9,12-13,23H,1,7,10,21H2,2H3,(H,25,28)/b9-8-,15-6+,24-12-. The smallest absolute Gasteiger partial charge is 0.227 e. The van der Waals surface area contributed by atoms with E-state index in [2.05, 4.69) is 32.4 Å². The first-order valence-electron chi connectivity index (χ1n) is 8.63. The number of hydrogen-bond acceptors (Lipinski definition) is 8. The van der Waals surface area contributed by atoms with E-state index in [0.29, 0.717) is 30.8 Å². The highest BCUT2D eigenvalue weighted by molar-refractivity contribution is 7.13. The van der Waals surface area contributed by atoms with Gasteiger partial charge in [-0.05, 0) is 30.0 Å². The molecule has 0 aliphatic rings. The van der Waals surface area contributed by atoms with Crippen LogP contribution in [0, 0.1) is 11.3 Å². The molecule has 0 saturated heterocycles. The number of hydrazone groups is 1. The van der Waals surface area contributed by atoms with Crippen LogP contribution < -0.4 is 16.5 Å². The molecule has 0 radical (unpaired) electrons. The van der Waals surface area contributed by atoms with E-state index in [1.54, 1.807) is 31.5 Å². The van der Waals surface area contributed by atoms with Crippen LogP contribution >= 0.6 is 11.3 Å². The van der Waals surface area contributed by atoms with Crippen molar-refractivity contribution >= 4 is 35.4 Å². The molecule has 1 amide bonds. The minimum atomic E-state index is 0.358. The molecular formula is C20H21N7OS. The average molecular weight is 408 g/mol. The summed E-state index contributed by atoms with van der Waals surface area (Å²) >= 11 is 1.49. The van der Waals surface area contributed by atoms with Gasteiger partial charge in [-0.2, -0.15) is 10.4 Å². The molecule has 8 nitrogen and oxygen atoms in total. The molecule has 2 rings (SSSR count). The number of pyridine rings is 1. The van der Waals surface area contributed by atoms with E-state index in [9.17, 15) is 4.79 Å². The van der Waals surface area contributed by atoms with E-state index in [0.717, 1.165) is 26.7 Å². The van der Waals surface area contributed by atoms with E-state index in [1.807, 2.05) is 18.2 Å². The summed E-state index contributed by atoms with van der Waals surface area (Å²) in [7, 11) is 1.79. The lowest BCUT2D eigenvalue weighted by molar-refractivity contribution is -0.109. The average Bonchev–Trinajstić information content (AvgIpc) is 3.13. The van der Waals surface area contributed by atoms with Crippen LogP contribution in [0.25, 0.3) is 5.57 Å². The summed E-state index contributed by atoms with van der Waals surface area (Å²) in [5, 5.41) is 16.9. The number of allylic oxidation sites excluding steroid dienone is 4. The Bertz CT molecular complexity index is 998. The topological polar surface area (TPSA) is 129 Å². The highest BCUT2D eigenvalue weighted by Gasteiger charge is 2.14. The van der Waals surface area contributed by atoms with Crippen LogP contribution in [-0.2, 0) is 17.6 Å². The van der Waals surface area contributed by atoms with Gasteiger partial charge in [-0.3, -0.25) is 4.79 Å². The normalized spacial score (nSPS) is 11.5. The summed E-state index contributed by atoms with van der Waals surface area (Å²) in [5.41, 5.74) is 10.4. The SMILES string of the molecule is C=C(/C=C\N)Cc1nc(NC)c(C(/C=N\NC=O)=C/Cc2cccc(C#N)n2)s1. The Balaban J connectivity index is 2.37. The number of nitriles is 1. The zero-order valence-electron chi connectivity index (χ0n) is 15.9. The molecule has 2 aromatic rings. The quantitative estimate of drug-likeness (QED) is 0.240. The zero-order chi connectivity index (χ0) is 21.1. The number of aromatic nitrogens is 2. The molecule has 0 fully saturated rings. The van der Waals surface area contributed by atoms with Gasteiger partial charge in [0.15, 0.2) is 0 Å². The fourth-order valence-electron chi connectivity index (χ4n) is 2.41. The van der Waals surface area contributed by atoms with Gasteiger partial charge in [0.05, 0.1) is 16.1 Å². The number of hydrogen-bond donors (Lipinski definition) is 3. The van der Waals surface area contributed by atoms with E-state index in [-0.39, 0.29) is 0 Å². The summed E-state index contributed by atoms with van der Waals surface area (Å²) in [5.74, 6) is 0.692. The van der Waals surface area contributed by atoms with Crippen molar-refractivity contribution in [2.45, 2.75) is 12.8 Å². The molecule has 4 N–H and O–H groups in total. The van der Waals surface area contributed by atoms with Crippen LogP contribution in [0.2, 0.25) is 0 Å². The van der Waals surface area contributed by atoms with E-state index in [1.165, 1.54) is 17.5 Å². The minimum absolute atomic E-state index is 0.358. The minimum Gasteiger partial charge on any atom is -0.405 e. The number of anilines is 1. The Morgan fingerprint density at radius 1 is 1.45 bits per heavy atom. The van der Waals surface area contributed by atoms with Crippen LogP contribution in [0.4, 0.5) is 5.82 Å². The van der Waals surface area contributed by atoms with Gasteiger partial charge in [-0.1, -0.05) is 18.7 Å². The first-order valence-corrected chi connectivity index (χ1v) is 9.45. The monoisotopic (exact) mass is 407 g/mol. The Morgan fingerprint density at radius 3 is 2.97 bits per heavy atom. The first-order chi connectivity index (χ1) is 14.1. The van der Waals surface area contributed by atoms with E-state index < -0.39 is 0 Å². The summed E-state index contributed by atoms with van der Waals surface area (Å²) in [6.45, 7) is 3.96. The lowest BCUT2D eigenvalue weighted by Crippen LogP contribution is -2.02. The Labute approximate surface area is 173 Å². The predicted molar refractivity (Wildman–Crippen MR) is 116 cm³/mol. The van der Waals surface area contributed by atoms with Gasteiger partial charge in [-0.25, -0.2) is 15.4 Å². The van der Waals surface area contributed by atoms with E-state index >= 15 is 0 Å². The maximum Gasteiger partial charge on any atom is 0.227 e. The third-order valence-electron chi connectivity index (χ3n) is 3.66. The summed E-state index contributed by atoms with van der Waals surface area (Å²) in [6.07, 6.45) is 8.20. The first kappa shape index (κ1) is 21.5. The van der Waals surface area contributed by atoms with Gasteiger partial charge in [0.1, 0.15) is 17.6 Å². The lowest BCUT2D eigenvalue weighted by atomic mass is 10.1. The van der Waals surface area contributed by atoms with E-state index in [4.69, 9.17) is 11.0 Å². The van der Waals surface area contributed by atoms with Crippen LogP contribution in [0.3, 0.4) is 0 Å². The number of carbonyl (C=O) groups excluding carboxylic acids is 1. The third kappa shape index (κ3) is 6.41. The van der Waals surface area contributed by atoms with Crippen LogP contribution in [0.15, 0.2) is 53.8 Å². The highest BCUT2D eigenvalue weighted by Crippen LogP contribution is 2.31. The van der Waals surface area contributed by atoms with Crippen LogP contribution in [-0.4, -0.2) is 29.6 Å². The van der Waals surface area contributed by atoms with Gasteiger partial charge in [-0.15, -0.1) is 11.3 Å². The summed E-state index contributed by atoms with van der Waals surface area (Å²) < 4.78 is 0. The van der Waals surface area contributed by atoms with Crippen molar-refractivity contribution in [2.24, 2.45) is 10.8 Å². The number of rotatable bonds is 10. The second-order valence-electron chi connectivity index (χ2n) is 5.72. The van der Waals surface area contributed by atoms with Crippen LogP contribution in [0.5, 0.6) is 0 Å². The molecule has 148 valence electrons. The van der Waals surface area contributed by atoms with Crippen molar-refractivity contribution in [3.05, 3.63) is 70.0 Å². The van der Waals surface area contributed by atoms with Crippen molar-refractivity contribution in [1.82, 2.24) is 15.4 Å². The zero-order valence-corrected chi connectivity index (χ0v) is 16.7. The molecule has 0 bridgehead atoms. The molecule has 2 heterocycles. The molecule has 0 spiro atoms. The largest absolute Gasteiger partial charge is 0.405 e. The molecule has 0 aliphatic carbocycles. The summed E-state index contributed by atoms with van der Waals surface area (Å²) in [6, 6.07) is 7.32. The molecule has 2 aromatic heterocycles. The third-order valence-corrected chi connectivity index (χ3v) is 4.77. The van der Waals surface area contributed by atoms with Gasteiger partial charge in [0.25, 0.3) is 0 Å². The lowest BCUT2D eigenvalue weighted by Gasteiger charge is -2.03. The van der Waals surface area contributed by atoms with Crippen molar-refractivity contribution in [3.63, 3.8) is 0 Å². The number of nitrogens with two attached hydrogens (primary N) is 1. The molecule has 0 aromatic carbocycles. The molecule has 29 heavy (non-hydrogen) atoms. The maximum absolute atomic E-state index is 10.5. The molecular weight excluding hydrogens is 386 g/mol. The van der Waals surface area contributed by atoms with Crippen molar-refractivity contribution < 1.29 is 4.79 Å². The number of amides is 1. The molecule has 0 atom stereocenters. The van der Waals surface area contributed by atoms with Crippen LogP contribution in [0.1, 0.15) is 21.3 Å². The molecule has 0 aliphatic heterocycles. The van der Waals surface area contributed by atoms with Crippen molar-refractivity contribution in [3.8, 4) is 6.07 Å². The predicted octanol–water partition coefficient (Wildman–Crippen LogP) is 2.38. The summed E-state index contributed by atoms with van der Waals surface area (Å²) in [4.78, 5) is 20.3. The molecule has 9 heteroatoms. The maximum atomic E-state index is 10.5. The van der Waals surface area contributed by atoms with Gasteiger partial charge < -0.3 is 11.1 Å².